The molecule has 1 aromatic heterocycles. The number of carbonyl (C=O) groups excluding carboxylic acids is 1. The average molecular weight is 302 g/mol. The van der Waals surface area contributed by atoms with Crippen molar-refractivity contribution in [3.63, 3.8) is 0 Å². The second-order valence-electron chi connectivity index (χ2n) is 5.35. The number of nitrogens with zero attached hydrogens (tertiary/aromatic N) is 2. The van der Waals surface area contributed by atoms with Gasteiger partial charge in [-0.3, -0.25) is 14.0 Å². The Morgan fingerprint density at radius 1 is 1.19 bits per heavy atom. The Morgan fingerprint density at radius 2 is 1.86 bits per heavy atom. The minimum absolute atomic E-state index is 0.0138. The summed E-state index contributed by atoms with van der Waals surface area (Å²) >= 11 is 0. The van der Waals surface area contributed by atoms with E-state index >= 15 is 0 Å². The number of rotatable bonds is 1. The van der Waals surface area contributed by atoms with Crippen molar-refractivity contribution < 1.29 is 9.00 Å². The molecule has 0 radical (unpaired) electrons. The van der Waals surface area contributed by atoms with E-state index in [2.05, 4.69) is 4.98 Å². The SMILES string of the molecule is Cc1nc2ccccc2c(C)c1C(=O)N1CCS(=O)CC1. The Morgan fingerprint density at radius 3 is 2.57 bits per heavy atom. The molecule has 1 amide bonds. The van der Waals surface area contributed by atoms with Gasteiger partial charge in [0.15, 0.2) is 0 Å². The molecule has 5 heteroatoms. The molecule has 0 atom stereocenters. The third kappa shape index (κ3) is 2.58. The highest BCUT2D eigenvalue weighted by atomic mass is 32.2. The van der Waals surface area contributed by atoms with E-state index in [9.17, 15) is 9.00 Å². The quantitative estimate of drug-likeness (QED) is 0.810. The first-order chi connectivity index (χ1) is 10.1. The van der Waals surface area contributed by atoms with Crippen molar-refractivity contribution in [2.45, 2.75) is 13.8 Å². The Hall–Kier alpha value is -1.75. The molecule has 0 spiro atoms. The molecule has 1 aromatic carbocycles. The van der Waals surface area contributed by atoms with Gasteiger partial charge in [0.05, 0.1) is 16.8 Å². The standard InChI is InChI=1S/C16H18N2O2S/c1-11-13-5-3-4-6-14(13)17-12(2)15(11)16(19)18-7-9-21(20)10-8-18/h3-6H,7-10H2,1-2H3. The maximum absolute atomic E-state index is 12.8. The van der Waals surface area contributed by atoms with Gasteiger partial charge in [0, 0.05) is 40.8 Å². The number of aromatic nitrogens is 1. The zero-order valence-corrected chi connectivity index (χ0v) is 13.1. The number of pyridine rings is 1. The molecule has 1 aliphatic rings. The predicted molar refractivity (Wildman–Crippen MR) is 85.0 cm³/mol. The lowest BCUT2D eigenvalue weighted by atomic mass is 10.0. The summed E-state index contributed by atoms with van der Waals surface area (Å²) in [5.74, 6) is 1.16. The van der Waals surface area contributed by atoms with Gasteiger partial charge in [-0.15, -0.1) is 0 Å². The predicted octanol–water partition coefficient (Wildman–Crippen LogP) is 2.06. The molecule has 2 heterocycles. The van der Waals surface area contributed by atoms with Crippen LogP contribution in [0.2, 0.25) is 0 Å². The van der Waals surface area contributed by atoms with Crippen LogP contribution in [-0.2, 0) is 10.8 Å². The van der Waals surface area contributed by atoms with Crippen molar-refractivity contribution in [3.8, 4) is 0 Å². The van der Waals surface area contributed by atoms with Gasteiger partial charge < -0.3 is 4.90 Å². The number of hydrogen-bond donors (Lipinski definition) is 0. The van der Waals surface area contributed by atoms with Crippen molar-refractivity contribution in [2.24, 2.45) is 0 Å². The molecular weight excluding hydrogens is 284 g/mol. The normalized spacial score (nSPS) is 16.4. The molecule has 2 aromatic rings. The van der Waals surface area contributed by atoms with E-state index in [0.717, 1.165) is 22.2 Å². The van der Waals surface area contributed by atoms with Crippen LogP contribution in [0.15, 0.2) is 24.3 Å². The van der Waals surface area contributed by atoms with Crippen molar-refractivity contribution in [2.75, 3.05) is 24.6 Å². The summed E-state index contributed by atoms with van der Waals surface area (Å²) < 4.78 is 11.4. The van der Waals surface area contributed by atoms with Gasteiger partial charge in [-0.2, -0.15) is 0 Å². The van der Waals surface area contributed by atoms with Crippen molar-refractivity contribution in [1.29, 1.82) is 0 Å². The first-order valence-corrected chi connectivity index (χ1v) is 8.57. The van der Waals surface area contributed by atoms with Gasteiger partial charge in [-0.1, -0.05) is 18.2 Å². The largest absolute Gasteiger partial charge is 0.337 e. The van der Waals surface area contributed by atoms with Crippen molar-refractivity contribution >= 4 is 27.6 Å². The lowest BCUT2D eigenvalue weighted by molar-refractivity contribution is 0.0769. The molecule has 3 rings (SSSR count). The van der Waals surface area contributed by atoms with Crippen LogP contribution in [0.5, 0.6) is 0 Å². The number of para-hydroxylation sites is 1. The monoisotopic (exact) mass is 302 g/mol. The summed E-state index contributed by atoms with van der Waals surface area (Å²) in [5.41, 5.74) is 3.36. The molecule has 0 unspecified atom stereocenters. The fourth-order valence-corrected chi connectivity index (χ4v) is 3.90. The van der Waals surface area contributed by atoms with E-state index < -0.39 is 10.8 Å². The van der Waals surface area contributed by atoms with E-state index in [1.807, 2.05) is 38.1 Å². The van der Waals surface area contributed by atoms with Crippen molar-refractivity contribution in [3.05, 3.63) is 41.1 Å². The van der Waals surface area contributed by atoms with Crippen LogP contribution in [0.4, 0.5) is 0 Å². The van der Waals surface area contributed by atoms with Gasteiger partial charge in [-0.25, -0.2) is 0 Å². The van der Waals surface area contributed by atoms with E-state index in [0.29, 0.717) is 30.2 Å². The van der Waals surface area contributed by atoms with Crippen LogP contribution in [0.1, 0.15) is 21.6 Å². The van der Waals surface area contributed by atoms with Gasteiger partial charge in [0.1, 0.15) is 0 Å². The first kappa shape index (κ1) is 14.2. The molecule has 4 nitrogen and oxygen atoms in total. The third-order valence-electron chi connectivity index (χ3n) is 4.01. The zero-order valence-electron chi connectivity index (χ0n) is 12.3. The number of amides is 1. The van der Waals surface area contributed by atoms with E-state index in [1.54, 1.807) is 4.90 Å². The Labute approximate surface area is 126 Å². The maximum Gasteiger partial charge on any atom is 0.256 e. The molecule has 1 aliphatic heterocycles. The third-order valence-corrected chi connectivity index (χ3v) is 5.29. The van der Waals surface area contributed by atoms with Gasteiger partial charge in [-0.05, 0) is 25.5 Å². The van der Waals surface area contributed by atoms with Gasteiger partial charge in [0.25, 0.3) is 5.91 Å². The summed E-state index contributed by atoms with van der Waals surface area (Å²) in [4.78, 5) is 19.1. The molecule has 1 saturated heterocycles. The second-order valence-corrected chi connectivity index (χ2v) is 7.05. The molecule has 0 N–H and O–H groups in total. The van der Waals surface area contributed by atoms with Crippen LogP contribution in [0, 0.1) is 13.8 Å². The van der Waals surface area contributed by atoms with Crippen LogP contribution in [0.3, 0.4) is 0 Å². The molecular formula is C16H18N2O2S. The van der Waals surface area contributed by atoms with Crippen molar-refractivity contribution in [1.82, 2.24) is 9.88 Å². The highest BCUT2D eigenvalue weighted by Crippen LogP contribution is 2.24. The number of hydrogen-bond acceptors (Lipinski definition) is 3. The fraction of sp³-hybridized carbons (Fsp3) is 0.375. The van der Waals surface area contributed by atoms with Crippen LogP contribution >= 0.6 is 0 Å². The first-order valence-electron chi connectivity index (χ1n) is 7.08. The van der Waals surface area contributed by atoms with E-state index in [1.165, 1.54) is 0 Å². The number of aryl methyl sites for hydroxylation is 2. The highest BCUT2D eigenvalue weighted by Gasteiger charge is 2.25. The molecule has 0 saturated carbocycles. The zero-order chi connectivity index (χ0) is 15.0. The number of fused-ring (bicyclic) bond motifs is 1. The highest BCUT2D eigenvalue weighted by molar-refractivity contribution is 7.85. The van der Waals surface area contributed by atoms with E-state index in [4.69, 9.17) is 0 Å². The maximum atomic E-state index is 12.8. The van der Waals surface area contributed by atoms with Crippen LogP contribution in [0.25, 0.3) is 10.9 Å². The minimum atomic E-state index is -0.776. The summed E-state index contributed by atoms with van der Waals surface area (Å²) in [6.07, 6.45) is 0. The summed E-state index contributed by atoms with van der Waals surface area (Å²) in [6.45, 7) is 5.00. The van der Waals surface area contributed by atoms with Gasteiger partial charge >= 0.3 is 0 Å². The molecule has 21 heavy (non-hydrogen) atoms. The molecule has 110 valence electrons. The summed E-state index contributed by atoms with van der Waals surface area (Å²) in [7, 11) is -0.776. The van der Waals surface area contributed by atoms with Gasteiger partial charge in [0.2, 0.25) is 0 Å². The average Bonchev–Trinajstić information content (AvgIpc) is 2.48. The second kappa shape index (κ2) is 5.56. The minimum Gasteiger partial charge on any atom is -0.337 e. The summed E-state index contributed by atoms with van der Waals surface area (Å²) in [5, 5.41) is 1.02. The Kier molecular flexibility index (Phi) is 3.76. The fourth-order valence-electron chi connectivity index (χ4n) is 2.85. The lowest BCUT2D eigenvalue weighted by Crippen LogP contribution is -2.42. The lowest BCUT2D eigenvalue weighted by Gasteiger charge is -2.27. The molecule has 1 fully saturated rings. The molecule has 0 aliphatic carbocycles. The summed E-state index contributed by atoms with van der Waals surface area (Å²) in [6, 6.07) is 7.88. The Balaban J connectivity index is 2.03. The van der Waals surface area contributed by atoms with E-state index in [-0.39, 0.29) is 5.91 Å². The number of benzene rings is 1. The Bertz CT molecular complexity index is 732. The number of carbonyl (C=O) groups is 1. The van der Waals surface area contributed by atoms with Crippen LogP contribution < -0.4 is 0 Å². The topological polar surface area (TPSA) is 50.3 Å². The van der Waals surface area contributed by atoms with Crippen LogP contribution in [-0.4, -0.2) is 44.6 Å². The molecule has 0 bridgehead atoms. The smallest absolute Gasteiger partial charge is 0.256 e.